The molecule has 0 spiro atoms. The molecule has 3 rings (SSSR count). The van der Waals surface area contributed by atoms with Gasteiger partial charge in [0.1, 0.15) is 0 Å². The molecule has 0 unspecified atom stereocenters. The first kappa shape index (κ1) is 18.5. The van der Waals surface area contributed by atoms with Gasteiger partial charge in [-0.15, -0.1) is 11.8 Å². The van der Waals surface area contributed by atoms with Crippen molar-refractivity contribution in [2.75, 3.05) is 0 Å². The SMILES string of the molecule is C=C1CC[C@@H](Sc2ccccc2)[C@H](C)[C@]2(O)C[C@H](C#N)C(C)(C)C[C@@H]12. The minimum Gasteiger partial charge on any atom is -0.389 e. The summed E-state index contributed by atoms with van der Waals surface area (Å²) in [4.78, 5) is 1.25. The highest BCUT2D eigenvalue weighted by Gasteiger charge is 2.55. The molecule has 0 amide bonds. The van der Waals surface area contributed by atoms with E-state index >= 15 is 0 Å². The summed E-state index contributed by atoms with van der Waals surface area (Å²) in [6, 6.07) is 12.9. The van der Waals surface area contributed by atoms with Crippen LogP contribution in [-0.2, 0) is 0 Å². The van der Waals surface area contributed by atoms with Crippen LogP contribution in [0.5, 0.6) is 0 Å². The normalized spacial score (nSPS) is 37.6. The molecule has 0 saturated heterocycles. The highest BCUT2D eigenvalue weighted by molar-refractivity contribution is 8.00. The second-order valence-corrected chi connectivity index (χ2v) is 9.89. The van der Waals surface area contributed by atoms with Gasteiger partial charge in [0.2, 0.25) is 0 Å². The maximum Gasteiger partial charge on any atom is 0.0761 e. The molecular formula is C22H29NOS. The van der Waals surface area contributed by atoms with E-state index in [9.17, 15) is 10.4 Å². The number of thioether (sulfide) groups is 1. The van der Waals surface area contributed by atoms with Gasteiger partial charge < -0.3 is 5.11 Å². The van der Waals surface area contributed by atoms with E-state index in [1.807, 2.05) is 17.8 Å². The van der Waals surface area contributed by atoms with Crippen LogP contribution in [-0.4, -0.2) is 16.0 Å². The number of nitrogens with zero attached hydrogens (tertiary/aromatic N) is 1. The van der Waals surface area contributed by atoms with Gasteiger partial charge in [-0.25, -0.2) is 0 Å². The molecule has 2 aliphatic rings. The summed E-state index contributed by atoms with van der Waals surface area (Å²) in [5, 5.41) is 21.8. The number of aliphatic hydroxyl groups is 1. The van der Waals surface area contributed by atoms with E-state index in [0.29, 0.717) is 11.7 Å². The van der Waals surface area contributed by atoms with E-state index in [4.69, 9.17) is 0 Å². The molecule has 1 aromatic rings. The van der Waals surface area contributed by atoms with Crippen LogP contribution < -0.4 is 0 Å². The summed E-state index contributed by atoms with van der Waals surface area (Å²) in [5.41, 5.74) is 0.284. The molecule has 5 atom stereocenters. The van der Waals surface area contributed by atoms with Crippen molar-refractivity contribution in [2.24, 2.45) is 23.2 Å². The number of fused-ring (bicyclic) bond motifs is 1. The lowest BCUT2D eigenvalue weighted by atomic mass is 9.55. The van der Waals surface area contributed by atoms with Crippen molar-refractivity contribution in [1.29, 1.82) is 5.26 Å². The zero-order valence-corrected chi connectivity index (χ0v) is 16.4. The summed E-state index contributed by atoms with van der Waals surface area (Å²) in [6.45, 7) is 10.9. The zero-order valence-electron chi connectivity index (χ0n) is 15.5. The van der Waals surface area contributed by atoms with Gasteiger partial charge in [0.25, 0.3) is 0 Å². The minimum absolute atomic E-state index is 0.0687. The van der Waals surface area contributed by atoms with Gasteiger partial charge in [0, 0.05) is 16.1 Å². The standard InChI is InChI=1S/C22H29NOS/c1-15-10-11-20(25-18-8-6-5-7-9-18)16(2)22(24)12-17(14-23)21(3,4)13-19(15)22/h5-9,16-17,19-20,24H,1,10-13H2,2-4H3/t16-,17+,19-,20+,22+/m0/s1. The average Bonchev–Trinajstić information content (AvgIpc) is 2.67. The van der Waals surface area contributed by atoms with Crippen molar-refractivity contribution in [3.63, 3.8) is 0 Å². The molecule has 0 bridgehead atoms. The highest BCUT2D eigenvalue weighted by atomic mass is 32.2. The number of rotatable bonds is 2. The van der Waals surface area contributed by atoms with Crippen molar-refractivity contribution in [3.8, 4) is 6.07 Å². The molecule has 2 saturated carbocycles. The Morgan fingerprint density at radius 2 is 1.92 bits per heavy atom. The van der Waals surface area contributed by atoms with E-state index in [1.54, 1.807) is 0 Å². The fraction of sp³-hybridized carbons (Fsp3) is 0.591. The van der Waals surface area contributed by atoms with Gasteiger partial charge in [-0.05, 0) is 49.1 Å². The predicted molar refractivity (Wildman–Crippen MR) is 104 cm³/mol. The monoisotopic (exact) mass is 355 g/mol. The molecule has 134 valence electrons. The molecule has 1 N–H and O–H groups in total. The van der Waals surface area contributed by atoms with Crippen LogP contribution in [0, 0.1) is 34.5 Å². The van der Waals surface area contributed by atoms with Crippen LogP contribution in [0.15, 0.2) is 47.4 Å². The minimum atomic E-state index is -0.823. The summed E-state index contributed by atoms with van der Waals surface area (Å²) in [6.07, 6.45) is 3.42. The molecule has 3 heteroatoms. The van der Waals surface area contributed by atoms with Crippen molar-refractivity contribution < 1.29 is 5.11 Å². The molecule has 2 aliphatic carbocycles. The summed E-state index contributed by atoms with van der Waals surface area (Å²) < 4.78 is 0. The molecule has 2 nitrogen and oxygen atoms in total. The molecule has 0 heterocycles. The zero-order chi connectivity index (χ0) is 18.2. The third-order valence-electron chi connectivity index (χ3n) is 6.58. The predicted octanol–water partition coefficient (Wildman–Crippen LogP) is 5.44. The summed E-state index contributed by atoms with van der Waals surface area (Å²) in [7, 11) is 0. The maximum atomic E-state index is 11.8. The number of nitriles is 1. The topological polar surface area (TPSA) is 44.0 Å². The Morgan fingerprint density at radius 3 is 2.56 bits per heavy atom. The second kappa shape index (κ2) is 6.82. The fourth-order valence-electron chi connectivity index (χ4n) is 4.72. The first-order valence-corrected chi connectivity index (χ1v) is 10.2. The molecule has 0 radical (unpaired) electrons. The van der Waals surface area contributed by atoms with Crippen LogP contribution in [0.2, 0.25) is 0 Å². The Labute approximate surface area is 156 Å². The lowest BCUT2D eigenvalue weighted by Gasteiger charge is -2.52. The van der Waals surface area contributed by atoms with Gasteiger partial charge in [0.15, 0.2) is 0 Å². The largest absolute Gasteiger partial charge is 0.389 e. The lowest BCUT2D eigenvalue weighted by Crippen LogP contribution is -2.54. The van der Waals surface area contributed by atoms with E-state index in [2.05, 4.69) is 57.7 Å². The maximum absolute atomic E-state index is 11.8. The molecule has 25 heavy (non-hydrogen) atoms. The van der Waals surface area contributed by atoms with Gasteiger partial charge in [-0.3, -0.25) is 0 Å². The second-order valence-electron chi connectivity index (χ2n) is 8.58. The van der Waals surface area contributed by atoms with Crippen LogP contribution in [0.4, 0.5) is 0 Å². The van der Waals surface area contributed by atoms with E-state index < -0.39 is 5.60 Å². The van der Waals surface area contributed by atoms with Crippen LogP contribution >= 0.6 is 11.8 Å². The molecular weight excluding hydrogens is 326 g/mol. The summed E-state index contributed by atoms with van der Waals surface area (Å²) in [5.74, 6) is 0.127. The number of hydrogen-bond donors (Lipinski definition) is 1. The molecule has 0 aromatic heterocycles. The fourth-order valence-corrected chi connectivity index (χ4v) is 6.06. The Balaban J connectivity index is 1.91. The van der Waals surface area contributed by atoms with Gasteiger partial charge in [0.05, 0.1) is 17.6 Å². The van der Waals surface area contributed by atoms with Crippen molar-refractivity contribution in [2.45, 2.75) is 62.2 Å². The van der Waals surface area contributed by atoms with Gasteiger partial charge in [-0.2, -0.15) is 5.26 Å². The quantitative estimate of drug-likeness (QED) is 0.718. The third-order valence-corrected chi connectivity index (χ3v) is 8.07. The molecule has 0 aliphatic heterocycles. The van der Waals surface area contributed by atoms with Crippen molar-refractivity contribution in [1.82, 2.24) is 0 Å². The number of benzene rings is 1. The Morgan fingerprint density at radius 1 is 1.24 bits per heavy atom. The first-order valence-electron chi connectivity index (χ1n) is 9.29. The summed E-state index contributed by atoms with van der Waals surface area (Å²) >= 11 is 1.87. The van der Waals surface area contributed by atoms with E-state index in [0.717, 1.165) is 19.3 Å². The van der Waals surface area contributed by atoms with Crippen LogP contribution in [0.3, 0.4) is 0 Å². The van der Waals surface area contributed by atoms with Gasteiger partial charge >= 0.3 is 0 Å². The van der Waals surface area contributed by atoms with E-state index in [1.165, 1.54) is 10.5 Å². The Kier molecular flexibility index (Phi) is 5.06. The van der Waals surface area contributed by atoms with Crippen molar-refractivity contribution >= 4 is 11.8 Å². The number of hydrogen-bond acceptors (Lipinski definition) is 3. The molecule has 2 fully saturated rings. The Bertz CT molecular complexity index is 677. The van der Waals surface area contributed by atoms with Gasteiger partial charge in [-0.1, -0.05) is 51.1 Å². The van der Waals surface area contributed by atoms with Crippen molar-refractivity contribution in [3.05, 3.63) is 42.5 Å². The average molecular weight is 356 g/mol. The third kappa shape index (κ3) is 3.39. The lowest BCUT2D eigenvalue weighted by molar-refractivity contribution is -0.112. The smallest absolute Gasteiger partial charge is 0.0761 e. The molecule has 1 aromatic carbocycles. The van der Waals surface area contributed by atoms with Crippen LogP contribution in [0.25, 0.3) is 0 Å². The Hall–Kier alpha value is -1.24. The van der Waals surface area contributed by atoms with Crippen LogP contribution in [0.1, 0.15) is 46.5 Å². The van der Waals surface area contributed by atoms with E-state index in [-0.39, 0.29) is 23.2 Å². The highest BCUT2D eigenvalue weighted by Crippen LogP contribution is 2.56. The first-order chi connectivity index (χ1) is 11.8.